The van der Waals surface area contributed by atoms with Crippen molar-refractivity contribution in [3.8, 4) is 23.0 Å². The molecule has 0 atom stereocenters. The molecule has 3 heteroatoms. The van der Waals surface area contributed by atoms with Gasteiger partial charge in [-0.25, -0.2) is 0 Å². The molecule has 0 aromatic heterocycles. The van der Waals surface area contributed by atoms with E-state index in [1.807, 2.05) is 26.0 Å². The van der Waals surface area contributed by atoms with E-state index in [4.69, 9.17) is 4.74 Å². The van der Waals surface area contributed by atoms with Crippen molar-refractivity contribution >= 4 is 0 Å². The first-order valence-electron chi connectivity index (χ1n) is 6.45. The number of rotatable bonds is 4. The molecule has 0 aliphatic heterocycles. The van der Waals surface area contributed by atoms with Gasteiger partial charge in [-0.3, -0.25) is 0 Å². The highest BCUT2D eigenvalue weighted by molar-refractivity contribution is 5.49. The van der Waals surface area contributed by atoms with Gasteiger partial charge in [0, 0.05) is 0 Å². The Hall–Kier alpha value is -2.16. The van der Waals surface area contributed by atoms with Crippen LogP contribution in [-0.2, 0) is 12.8 Å². The van der Waals surface area contributed by atoms with Gasteiger partial charge in [-0.15, -0.1) is 0 Å². The first kappa shape index (κ1) is 13.3. The minimum Gasteiger partial charge on any atom is -0.504 e. The molecule has 2 aromatic carbocycles. The molecular weight excluding hydrogens is 240 g/mol. The van der Waals surface area contributed by atoms with Crippen molar-refractivity contribution in [3.63, 3.8) is 0 Å². The van der Waals surface area contributed by atoms with Crippen LogP contribution in [-0.4, -0.2) is 10.2 Å². The van der Waals surface area contributed by atoms with Gasteiger partial charge in [0.05, 0.1) is 0 Å². The Morgan fingerprint density at radius 3 is 1.58 bits per heavy atom. The van der Waals surface area contributed by atoms with E-state index in [-0.39, 0.29) is 11.5 Å². The fourth-order valence-electron chi connectivity index (χ4n) is 1.84. The molecule has 0 saturated heterocycles. The zero-order valence-electron chi connectivity index (χ0n) is 11.2. The van der Waals surface area contributed by atoms with Crippen LogP contribution in [0, 0.1) is 0 Å². The smallest absolute Gasteiger partial charge is 0.169 e. The zero-order valence-corrected chi connectivity index (χ0v) is 11.2. The average Bonchev–Trinajstić information content (AvgIpc) is 2.43. The quantitative estimate of drug-likeness (QED) is 0.871. The Balaban J connectivity index is 2.35. The van der Waals surface area contributed by atoms with Crippen LogP contribution < -0.4 is 4.74 Å². The Bertz CT molecular complexity index is 525. The SMILES string of the molecule is CCc1ccc(O)c(Oc2cc(CC)ccc2O)c1. The monoisotopic (exact) mass is 258 g/mol. The minimum atomic E-state index is 0.0681. The van der Waals surface area contributed by atoms with Gasteiger partial charge in [0.25, 0.3) is 0 Å². The van der Waals surface area contributed by atoms with Crippen molar-refractivity contribution in [2.45, 2.75) is 26.7 Å². The normalized spacial score (nSPS) is 10.4. The summed E-state index contributed by atoms with van der Waals surface area (Å²) in [5.41, 5.74) is 2.14. The summed E-state index contributed by atoms with van der Waals surface area (Å²) in [7, 11) is 0. The number of aromatic hydroxyl groups is 2. The molecule has 2 aromatic rings. The van der Waals surface area contributed by atoms with E-state index < -0.39 is 0 Å². The predicted molar refractivity (Wildman–Crippen MR) is 75.0 cm³/mol. The fourth-order valence-corrected chi connectivity index (χ4v) is 1.84. The van der Waals surface area contributed by atoms with Crippen molar-refractivity contribution in [2.24, 2.45) is 0 Å². The Morgan fingerprint density at radius 1 is 0.789 bits per heavy atom. The first-order chi connectivity index (χ1) is 9.13. The van der Waals surface area contributed by atoms with Crippen molar-refractivity contribution < 1.29 is 14.9 Å². The third-order valence-corrected chi connectivity index (χ3v) is 3.08. The van der Waals surface area contributed by atoms with Gasteiger partial charge in [0.1, 0.15) is 0 Å². The average molecular weight is 258 g/mol. The lowest BCUT2D eigenvalue weighted by atomic mass is 10.1. The molecule has 0 bridgehead atoms. The molecule has 19 heavy (non-hydrogen) atoms. The second-order valence-electron chi connectivity index (χ2n) is 4.41. The van der Waals surface area contributed by atoms with E-state index in [1.54, 1.807) is 24.3 Å². The van der Waals surface area contributed by atoms with Crippen molar-refractivity contribution in [2.75, 3.05) is 0 Å². The van der Waals surface area contributed by atoms with Crippen LogP contribution in [0.25, 0.3) is 0 Å². The maximum absolute atomic E-state index is 9.80. The van der Waals surface area contributed by atoms with Gasteiger partial charge in [0.15, 0.2) is 23.0 Å². The van der Waals surface area contributed by atoms with E-state index in [0.29, 0.717) is 11.5 Å². The molecule has 100 valence electrons. The number of ether oxygens (including phenoxy) is 1. The summed E-state index contributed by atoms with van der Waals surface area (Å²) in [5.74, 6) is 0.864. The summed E-state index contributed by atoms with van der Waals surface area (Å²) in [6.45, 7) is 4.07. The van der Waals surface area contributed by atoms with Crippen molar-refractivity contribution in [1.29, 1.82) is 0 Å². The number of hydrogen-bond donors (Lipinski definition) is 2. The third-order valence-electron chi connectivity index (χ3n) is 3.08. The molecule has 2 N–H and O–H groups in total. The summed E-state index contributed by atoms with van der Waals surface area (Å²) < 4.78 is 5.62. The molecule has 0 amide bonds. The summed E-state index contributed by atoms with van der Waals surface area (Å²) in [6.07, 6.45) is 1.72. The van der Waals surface area contributed by atoms with E-state index in [1.165, 1.54) is 0 Å². The molecule has 0 saturated carbocycles. The molecule has 0 heterocycles. The van der Waals surface area contributed by atoms with Gasteiger partial charge in [-0.1, -0.05) is 26.0 Å². The number of phenols is 2. The molecule has 3 nitrogen and oxygen atoms in total. The van der Waals surface area contributed by atoms with Gasteiger partial charge >= 0.3 is 0 Å². The van der Waals surface area contributed by atoms with E-state index in [0.717, 1.165) is 24.0 Å². The highest BCUT2D eigenvalue weighted by Crippen LogP contribution is 2.36. The molecule has 0 aliphatic rings. The maximum Gasteiger partial charge on any atom is 0.169 e. The Labute approximate surface area is 113 Å². The van der Waals surface area contributed by atoms with Gasteiger partial charge in [-0.2, -0.15) is 0 Å². The Morgan fingerprint density at radius 2 is 1.21 bits per heavy atom. The predicted octanol–water partition coefficient (Wildman–Crippen LogP) is 4.01. The maximum atomic E-state index is 9.80. The van der Waals surface area contributed by atoms with Crippen LogP contribution in [0.5, 0.6) is 23.0 Å². The van der Waals surface area contributed by atoms with Crippen LogP contribution in [0.3, 0.4) is 0 Å². The van der Waals surface area contributed by atoms with Crippen LogP contribution in [0.2, 0.25) is 0 Å². The highest BCUT2D eigenvalue weighted by atomic mass is 16.5. The fraction of sp³-hybridized carbons (Fsp3) is 0.250. The lowest BCUT2D eigenvalue weighted by molar-refractivity contribution is 0.384. The van der Waals surface area contributed by atoms with Crippen LogP contribution in [0.1, 0.15) is 25.0 Å². The van der Waals surface area contributed by atoms with Crippen molar-refractivity contribution in [1.82, 2.24) is 0 Å². The largest absolute Gasteiger partial charge is 0.504 e. The summed E-state index contributed by atoms with van der Waals surface area (Å²) >= 11 is 0. The Kier molecular flexibility index (Phi) is 3.95. The van der Waals surface area contributed by atoms with Gasteiger partial charge in [0.2, 0.25) is 0 Å². The third kappa shape index (κ3) is 2.99. The molecule has 0 unspecified atom stereocenters. The molecule has 0 fully saturated rings. The summed E-state index contributed by atoms with van der Waals surface area (Å²) in [5, 5.41) is 19.6. The molecule has 0 spiro atoms. The lowest BCUT2D eigenvalue weighted by Crippen LogP contribution is -1.90. The number of benzene rings is 2. The topological polar surface area (TPSA) is 49.7 Å². The highest BCUT2D eigenvalue weighted by Gasteiger charge is 2.09. The minimum absolute atomic E-state index is 0.0681. The molecule has 0 radical (unpaired) electrons. The number of phenolic OH excluding ortho intramolecular Hbond substituents is 2. The summed E-state index contributed by atoms with van der Waals surface area (Å²) in [4.78, 5) is 0. The van der Waals surface area contributed by atoms with E-state index in [9.17, 15) is 10.2 Å². The van der Waals surface area contributed by atoms with Crippen molar-refractivity contribution in [3.05, 3.63) is 47.5 Å². The second-order valence-corrected chi connectivity index (χ2v) is 4.41. The van der Waals surface area contributed by atoms with Crippen LogP contribution in [0.4, 0.5) is 0 Å². The second kappa shape index (κ2) is 5.65. The molecule has 0 aliphatic carbocycles. The summed E-state index contributed by atoms with van der Waals surface area (Å²) in [6, 6.07) is 10.5. The van der Waals surface area contributed by atoms with Crippen LogP contribution >= 0.6 is 0 Å². The van der Waals surface area contributed by atoms with Gasteiger partial charge in [-0.05, 0) is 48.2 Å². The van der Waals surface area contributed by atoms with E-state index >= 15 is 0 Å². The van der Waals surface area contributed by atoms with E-state index in [2.05, 4.69) is 0 Å². The molecular formula is C16H18O3. The standard InChI is InChI=1S/C16H18O3/c1-3-11-5-7-13(17)15(9-11)19-16-10-12(4-2)6-8-14(16)18/h5-10,17-18H,3-4H2,1-2H3. The van der Waals surface area contributed by atoms with Gasteiger partial charge < -0.3 is 14.9 Å². The number of hydrogen-bond acceptors (Lipinski definition) is 3. The number of aryl methyl sites for hydroxylation is 2. The lowest BCUT2D eigenvalue weighted by Gasteiger charge is -2.11. The molecule has 2 rings (SSSR count). The first-order valence-corrected chi connectivity index (χ1v) is 6.45. The van der Waals surface area contributed by atoms with Crippen LogP contribution in [0.15, 0.2) is 36.4 Å². The zero-order chi connectivity index (χ0) is 13.8.